The van der Waals surface area contributed by atoms with Gasteiger partial charge in [-0.05, 0) is 45.3 Å². The summed E-state index contributed by atoms with van der Waals surface area (Å²) in [5.41, 5.74) is 1.07. The monoisotopic (exact) mass is 297 g/mol. The molecule has 0 unspecified atom stereocenters. The first-order valence-electron chi connectivity index (χ1n) is 6.52. The van der Waals surface area contributed by atoms with E-state index in [1.807, 2.05) is 18.2 Å². The van der Waals surface area contributed by atoms with Crippen LogP contribution >= 0.6 is 23.2 Å². The molecule has 0 bridgehead atoms. The van der Waals surface area contributed by atoms with Crippen molar-refractivity contribution in [1.82, 2.24) is 5.32 Å². The minimum Gasteiger partial charge on any atom is -0.306 e. The molecule has 0 aromatic carbocycles. The molecule has 0 amide bonds. The third kappa shape index (κ3) is 6.87. The lowest BCUT2D eigenvalue weighted by atomic mass is 9.98. The Morgan fingerprint density at radius 3 is 2.74 bits per heavy atom. The molecule has 0 atom stereocenters. The lowest BCUT2D eigenvalue weighted by Crippen LogP contribution is -2.16. The highest BCUT2D eigenvalue weighted by molar-refractivity contribution is 6.36. The molecule has 0 radical (unpaired) electrons. The topological polar surface area (TPSA) is 12.0 Å². The molecule has 0 fully saturated rings. The highest BCUT2D eigenvalue weighted by atomic mass is 35.5. The van der Waals surface area contributed by atoms with Gasteiger partial charge in [0, 0.05) is 22.0 Å². The van der Waals surface area contributed by atoms with Gasteiger partial charge in [0.2, 0.25) is 0 Å². The first-order valence-corrected chi connectivity index (χ1v) is 7.28. The van der Waals surface area contributed by atoms with Crippen molar-refractivity contribution in [2.45, 2.75) is 33.6 Å². The predicted molar refractivity (Wildman–Crippen MR) is 85.3 cm³/mol. The van der Waals surface area contributed by atoms with Gasteiger partial charge in [0.15, 0.2) is 0 Å². The quantitative estimate of drug-likeness (QED) is 0.591. The smallest absolute Gasteiger partial charge is 0.0576 e. The molecule has 1 aliphatic carbocycles. The second-order valence-electron chi connectivity index (χ2n) is 5.50. The Balaban J connectivity index is 2.40. The van der Waals surface area contributed by atoms with Crippen LogP contribution in [0.4, 0.5) is 0 Å². The second kappa shape index (κ2) is 7.80. The van der Waals surface area contributed by atoms with E-state index in [0.29, 0.717) is 6.54 Å². The maximum Gasteiger partial charge on any atom is 0.0576 e. The fraction of sp³-hybridized carbons (Fsp3) is 0.500. The third-order valence-corrected chi connectivity index (χ3v) is 3.24. The van der Waals surface area contributed by atoms with Gasteiger partial charge in [-0.25, -0.2) is 0 Å². The Labute approximate surface area is 126 Å². The fourth-order valence-corrected chi connectivity index (χ4v) is 2.21. The molecule has 1 N–H and O–H groups in total. The third-order valence-electron chi connectivity index (χ3n) is 2.50. The second-order valence-corrected chi connectivity index (χ2v) is 6.31. The molecular formula is C16H21Cl2N. The molecular weight excluding hydrogens is 277 g/mol. The van der Waals surface area contributed by atoms with E-state index in [4.69, 9.17) is 23.2 Å². The summed E-state index contributed by atoms with van der Waals surface area (Å²) in [5.74, 6) is 6.31. The zero-order valence-corrected chi connectivity index (χ0v) is 13.3. The van der Waals surface area contributed by atoms with Gasteiger partial charge >= 0.3 is 0 Å². The number of hydrogen-bond donors (Lipinski definition) is 1. The SMILES string of the molecule is CC(C)(C)C#CCNCCC1=C(Cl)C=CCC=C1Cl. The van der Waals surface area contributed by atoms with E-state index in [0.717, 1.165) is 35.0 Å². The summed E-state index contributed by atoms with van der Waals surface area (Å²) in [6.07, 6.45) is 7.57. The van der Waals surface area contributed by atoms with Crippen LogP contribution in [0.1, 0.15) is 33.6 Å². The van der Waals surface area contributed by atoms with Crippen molar-refractivity contribution in [3.63, 3.8) is 0 Å². The van der Waals surface area contributed by atoms with Gasteiger partial charge in [0.1, 0.15) is 0 Å². The molecule has 0 spiro atoms. The molecule has 104 valence electrons. The first kappa shape index (κ1) is 16.4. The largest absolute Gasteiger partial charge is 0.306 e. The summed E-state index contributed by atoms with van der Waals surface area (Å²) < 4.78 is 0. The summed E-state index contributed by atoms with van der Waals surface area (Å²) >= 11 is 12.4. The summed E-state index contributed by atoms with van der Waals surface area (Å²) in [7, 11) is 0. The van der Waals surface area contributed by atoms with Gasteiger partial charge in [0.05, 0.1) is 6.54 Å². The van der Waals surface area contributed by atoms with Crippen LogP contribution in [0.5, 0.6) is 0 Å². The van der Waals surface area contributed by atoms with Crippen molar-refractivity contribution in [3.05, 3.63) is 33.9 Å². The highest BCUT2D eigenvalue weighted by Crippen LogP contribution is 2.27. The molecule has 0 saturated heterocycles. The zero-order valence-electron chi connectivity index (χ0n) is 11.8. The maximum absolute atomic E-state index is 6.20. The first-order chi connectivity index (χ1) is 8.90. The van der Waals surface area contributed by atoms with E-state index in [-0.39, 0.29) is 5.41 Å². The van der Waals surface area contributed by atoms with Crippen molar-refractivity contribution in [2.75, 3.05) is 13.1 Å². The van der Waals surface area contributed by atoms with E-state index < -0.39 is 0 Å². The van der Waals surface area contributed by atoms with Crippen LogP contribution < -0.4 is 5.32 Å². The van der Waals surface area contributed by atoms with Crippen molar-refractivity contribution in [3.8, 4) is 11.8 Å². The molecule has 0 aromatic rings. The Morgan fingerprint density at radius 2 is 2.05 bits per heavy atom. The van der Waals surface area contributed by atoms with Crippen LogP contribution in [0.25, 0.3) is 0 Å². The van der Waals surface area contributed by atoms with Gasteiger partial charge in [0.25, 0.3) is 0 Å². The normalized spacial score (nSPS) is 15.7. The van der Waals surface area contributed by atoms with E-state index in [2.05, 4.69) is 37.9 Å². The molecule has 3 heteroatoms. The number of allylic oxidation sites excluding steroid dienone is 5. The van der Waals surface area contributed by atoms with Crippen molar-refractivity contribution in [1.29, 1.82) is 0 Å². The van der Waals surface area contributed by atoms with Crippen LogP contribution in [0.15, 0.2) is 33.9 Å². The summed E-state index contributed by atoms with van der Waals surface area (Å²) in [6.45, 7) is 7.83. The minimum absolute atomic E-state index is 0.0612. The van der Waals surface area contributed by atoms with E-state index in [9.17, 15) is 0 Å². The molecule has 0 saturated carbocycles. The fourth-order valence-electron chi connectivity index (χ4n) is 1.59. The standard InChI is InChI=1S/C16H21Cl2N/c1-16(2,3)10-6-11-19-12-9-13-14(17)7-4-5-8-15(13)18/h4,7-8,19H,5,9,11-12H2,1-3H3. The van der Waals surface area contributed by atoms with Crippen LogP contribution in [-0.4, -0.2) is 13.1 Å². The van der Waals surface area contributed by atoms with Crippen LogP contribution in [-0.2, 0) is 0 Å². The zero-order chi connectivity index (χ0) is 14.3. The molecule has 1 aliphatic rings. The summed E-state index contributed by atoms with van der Waals surface area (Å²) in [6, 6.07) is 0. The lowest BCUT2D eigenvalue weighted by Gasteiger charge is -2.08. The summed E-state index contributed by atoms with van der Waals surface area (Å²) in [4.78, 5) is 0. The van der Waals surface area contributed by atoms with Gasteiger partial charge in [-0.2, -0.15) is 0 Å². The van der Waals surface area contributed by atoms with Gasteiger partial charge in [-0.3, -0.25) is 0 Å². The van der Waals surface area contributed by atoms with E-state index >= 15 is 0 Å². The Kier molecular flexibility index (Phi) is 6.72. The Hall–Kier alpha value is -0.680. The molecule has 0 aromatic heterocycles. The maximum atomic E-state index is 6.20. The van der Waals surface area contributed by atoms with Crippen molar-refractivity contribution in [2.24, 2.45) is 5.41 Å². The minimum atomic E-state index is 0.0612. The molecule has 0 heterocycles. The van der Waals surface area contributed by atoms with Crippen LogP contribution in [0, 0.1) is 17.3 Å². The number of nitrogens with one attached hydrogen (secondary N) is 1. The van der Waals surface area contributed by atoms with Gasteiger partial charge in [-0.15, -0.1) is 0 Å². The van der Waals surface area contributed by atoms with E-state index in [1.54, 1.807) is 0 Å². The molecule has 19 heavy (non-hydrogen) atoms. The van der Waals surface area contributed by atoms with Gasteiger partial charge < -0.3 is 5.32 Å². The van der Waals surface area contributed by atoms with Crippen LogP contribution in [0.2, 0.25) is 0 Å². The summed E-state index contributed by atoms with van der Waals surface area (Å²) in [5, 5.41) is 4.79. The number of halogens is 2. The lowest BCUT2D eigenvalue weighted by molar-refractivity contribution is 0.570. The van der Waals surface area contributed by atoms with Gasteiger partial charge in [-0.1, -0.05) is 47.2 Å². The molecule has 1 rings (SSSR count). The number of hydrogen-bond acceptors (Lipinski definition) is 1. The van der Waals surface area contributed by atoms with Crippen molar-refractivity contribution < 1.29 is 0 Å². The Bertz CT molecular complexity index is 453. The van der Waals surface area contributed by atoms with E-state index in [1.165, 1.54) is 0 Å². The van der Waals surface area contributed by atoms with Crippen LogP contribution in [0.3, 0.4) is 0 Å². The highest BCUT2D eigenvalue weighted by Gasteiger charge is 2.08. The van der Waals surface area contributed by atoms with Crippen molar-refractivity contribution >= 4 is 23.2 Å². The number of rotatable bonds is 4. The predicted octanol–water partition coefficient (Wildman–Crippen LogP) is 4.59. The average molecular weight is 298 g/mol. The molecule has 0 aliphatic heterocycles. The average Bonchev–Trinajstić information content (AvgIpc) is 2.46. The molecule has 1 nitrogen and oxygen atoms in total. The Morgan fingerprint density at radius 1 is 1.32 bits per heavy atom.